The van der Waals surface area contributed by atoms with Crippen LogP contribution in [0.2, 0.25) is 0 Å². The van der Waals surface area contributed by atoms with Gasteiger partial charge in [0.05, 0.1) is 12.5 Å². The van der Waals surface area contributed by atoms with Crippen molar-refractivity contribution in [1.82, 2.24) is 0 Å². The van der Waals surface area contributed by atoms with Crippen LogP contribution in [0, 0.1) is 6.92 Å². The van der Waals surface area contributed by atoms with Crippen molar-refractivity contribution < 1.29 is 9.30 Å². The summed E-state index contributed by atoms with van der Waals surface area (Å²) in [6.07, 6.45) is 0. The van der Waals surface area contributed by atoms with E-state index >= 15 is 0 Å². The summed E-state index contributed by atoms with van der Waals surface area (Å²) in [6, 6.07) is 8.14. The Labute approximate surface area is 93.8 Å². The van der Waals surface area contributed by atoms with E-state index in [-0.39, 0.29) is 0 Å². The van der Waals surface area contributed by atoms with Crippen molar-refractivity contribution >= 4 is 11.3 Å². The lowest BCUT2D eigenvalue weighted by molar-refractivity contribution is -0.661. The van der Waals surface area contributed by atoms with Crippen molar-refractivity contribution in [3.8, 4) is 17.0 Å². The lowest BCUT2D eigenvalue weighted by Gasteiger charge is -1.99. The van der Waals surface area contributed by atoms with Gasteiger partial charge in [-0.3, -0.25) is 0 Å². The highest BCUT2D eigenvalue weighted by atomic mass is 32.1. The van der Waals surface area contributed by atoms with Crippen LogP contribution in [-0.4, -0.2) is 7.11 Å². The lowest BCUT2D eigenvalue weighted by Crippen LogP contribution is -2.30. The molecule has 78 valence electrons. The summed E-state index contributed by atoms with van der Waals surface area (Å²) >= 11 is 1.77. The molecule has 0 aliphatic heterocycles. The zero-order chi connectivity index (χ0) is 10.8. The van der Waals surface area contributed by atoms with Gasteiger partial charge in [-0.2, -0.15) is 4.57 Å². The Morgan fingerprint density at radius 1 is 1.20 bits per heavy atom. The second-order valence-electron chi connectivity index (χ2n) is 3.43. The molecule has 0 unspecified atom stereocenters. The molecule has 0 aliphatic rings. The number of aromatic nitrogens is 1. The van der Waals surface area contributed by atoms with Crippen LogP contribution in [-0.2, 0) is 7.05 Å². The number of hydrogen-bond acceptors (Lipinski definition) is 2. The van der Waals surface area contributed by atoms with Crippen molar-refractivity contribution in [2.24, 2.45) is 7.05 Å². The van der Waals surface area contributed by atoms with E-state index in [9.17, 15) is 0 Å². The Bertz CT molecular complexity index is 459. The first kappa shape index (κ1) is 10.2. The van der Waals surface area contributed by atoms with Gasteiger partial charge in [-0.15, -0.1) is 0 Å². The van der Waals surface area contributed by atoms with E-state index in [1.165, 1.54) is 16.3 Å². The van der Waals surface area contributed by atoms with Gasteiger partial charge in [0, 0.05) is 12.5 Å². The molecule has 0 fully saturated rings. The number of ether oxygens (including phenoxy) is 1. The number of aryl methyl sites for hydroxylation is 1. The van der Waals surface area contributed by atoms with Crippen LogP contribution in [0.1, 0.15) is 5.01 Å². The maximum absolute atomic E-state index is 5.14. The van der Waals surface area contributed by atoms with Crippen molar-refractivity contribution in [2.45, 2.75) is 6.92 Å². The maximum Gasteiger partial charge on any atom is 0.234 e. The topological polar surface area (TPSA) is 13.1 Å². The van der Waals surface area contributed by atoms with Gasteiger partial charge >= 0.3 is 0 Å². The van der Waals surface area contributed by atoms with Gasteiger partial charge in [0.25, 0.3) is 0 Å². The predicted octanol–water partition coefficient (Wildman–Crippen LogP) is 2.56. The van der Waals surface area contributed by atoms with Crippen LogP contribution in [0.25, 0.3) is 11.3 Å². The Morgan fingerprint density at radius 2 is 1.87 bits per heavy atom. The molecular weight excluding hydrogens is 206 g/mol. The molecule has 0 atom stereocenters. The molecule has 1 heterocycles. The molecule has 1 aromatic heterocycles. The van der Waals surface area contributed by atoms with Crippen LogP contribution in [0.15, 0.2) is 29.6 Å². The Hall–Kier alpha value is -1.35. The van der Waals surface area contributed by atoms with Crippen LogP contribution in [0.5, 0.6) is 5.75 Å². The fraction of sp³-hybridized carbons (Fsp3) is 0.250. The maximum atomic E-state index is 5.14. The molecule has 0 aliphatic carbocycles. The highest BCUT2D eigenvalue weighted by molar-refractivity contribution is 7.09. The average Bonchev–Trinajstić information content (AvgIpc) is 2.60. The number of rotatable bonds is 2. The minimum Gasteiger partial charge on any atom is -0.497 e. The minimum atomic E-state index is 0.897. The first-order valence-corrected chi connectivity index (χ1v) is 5.69. The quantitative estimate of drug-likeness (QED) is 0.709. The first-order chi connectivity index (χ1) is 7.22. The molecule has 2 aromatic rings. The third-order valence-electron chi connectivity index (χ3n) is 2.56. The Morgan fingerprint density at radius 3 is 2.33 bits per heavy atom. The van der Waals surface area contributed by atoms with Crippen LogP contribution < -0.4 is 9.30 Å². The summed E-state index contributed by atoms with van der Waals surface area (Å²) in [5.74, 6) is 0.897. The number of thiazole rings is 1. The molecule has 0 spiro atoms. The van der Waals surface area contributed by atoms with E-state index in [1.54, 1.807) is 18.4 Å². The Kier molecular flexibility index (Phi) is 2.73. The number of methoxy groups -OCH3 is 1. The zero-order valence-electron chi connectivity index (χ0n) is 9.15. The average molecular weight is 220 g/mol. The third kappa shape index (κ3) is 1.88. The van der Waals surface area contributed by atoms with E-state index < -0.39 is 0 Å². The van der Waals surface area contributed by atoms with Gasteiger partial charge in [-0.25, -0.2) is 0 Å². The summed E-state index contributed by atoms with van der Waals surface area (Å²) in [5.41, 5.74) is 2.47. The molecule has 0 radical (unpaired) electrons. The van der Waals surface area contributed by atoms with Gasteiger partial charge in [-0.05, 0) is 24.3 Å². The fourth-order valence-electron chi connectivity index (χ4n) is 1.49. The van der Waals surface area contributed by atoms with Crippen molar-refractivity contribution in [3.63, 3.8) is 0 Å². The van der Waals surface area contributed by atoms with E-state index in [1.807, 2.05) is 12.1 Å². The fourth-order valence-corrected chi connectivity index (χ4v) is 2.33. The van der Waals surface area contributed by atoms with Gasteiger partial charge < -0.3 is 4.74 Å². The molecule has 15 heavy (non-hydrogen) atoms. The van der Waals surface area contributed by atoms with Crippen molar-refractivity contribution in [3.05, 3.63) is 34.7 Å². The molecule has 2 nitrogen and oxygen atoms in total. The second-order valence-corrected chi connectivity index (χ2v) is 4.49. The molecular formula is C12H14NOS+. The largest absolute Gasteiger partial charge is 0.497 e. The van der Waals surface area contributed by atoms with Crippen molar-refractivity contribution in [2.75, 3.05) is 7.11 Å². The second kappa shape index (κ2) is 4.03. The normalized spacial score (nSPS) is 10.3. The molecule has 0 N–H and O–H groups in total. The summed E-state index contributed by atoms with van der Waals surface area (Å²) in [7, 11) is 3.77. The molecule has 1 aromatic carbocycles. The minimum absolute atomic E-state index is 0.897. The summed E-state index contributed by atoms with van der Waals surface area (Å²) < 4.78 is 7.34. The van der Waals surface area contributed by atoms with E-state index in [4.69, 9.17) is 4.74 Å². The predicted molar refractivity (Wildman–Crippen MR) is 62.2 cm³/mol. The smallest absolute Gasteiger partial charge is 0.234 e. The lowest BCUT2D eigenvalue weighted by atomic mass is 10.1. The molecule has 0 amide bonds. The summed E-state index contributed by atoms with van der Waals surface area (Å²) in [6.45, 7) is 2.12. The summed E-state index contributed by atoms with van der Waals surface area (Å²) in [5, 5.41) is 3.48. The van der Waals surface area contributed by atoms with Crippen LogP contribution in [0.4, 0.5) is 0 Å². The van der Waals surface area contributed by atoms with E-state index in [2.05, 4.69) is 36.1 Å². The molecule has 2 rings (SSSR count). The monoisotopic (exact) mass is 220 g/mol. The number of benzene rings is 1. The van der Waals surface area contributed by atoms with Crippen LogP contribution in [0.3, 0.4) is 0 Å². The molecule has 0 saturated carbocycles. The van der Waals surface area contributed by atoms with E-state index in [0.29, 0.717) is 0 Å². The standard InChI is InChI=1S/C12H14NOS/c1-9-13(2)12(8-15-9)10-4-6-11(14-3)7-5-10/h4-8H,1-3H3/q+1. The first-order valence-electron chi connectivity index (χ1n) is 4.81. The van der Waals surface area contributed by atoms with Gasteiger partial charge in [0.2, 0.25) is 10.7 Å². The SMILES string of the molecule is COc1ccc(-c2csc(C)[n+]2C)cc1. The highest BCUT2D eigenvalue weighted by Crippen LogP contribution is 2.21. The molecule has 0 bridgehead atoms. The van der Waals surface area contributed by atoms with Crippen LogP contribution >= 0.6 is 11.3 Å². The summed E-state index contributed by atoms with van der Waals surface area (Å²) in [4.78, 5) is 0. The Balaban J connectivity index is 2.41. The number of hydrogen-bond donors (Lipinski definition) is 0. The third-order valence-corrected chi connectivity index (χ3v) is 3.52. The molecule has 3 heteroatoms. The van der Waals surface area contributed by atoms with E-state index in [0.717, 1.165) is 5.75 Å². The van der Waals surface area contributed by atoms with Crippen molar-refractivity contribution in [1.29, 1.82) is 0 Å². The zero-order valence-corrected chi connectivity index (χ0v) is 9.97. The van der Waals surface area contributed by atoms with Gasteiger partial charge in [-0.1, -0.05) is 11.3 Å². The van der Waals surface area contributed by atoms with Gasteiger partial charge in [0.15, 0.2) is 0 Å². The van der Waals surface area contributed by atoms with Gasteiger partial charge in [0.1, 0.15) is 12.8 Å². The number of nitrogens with zero attached hydrogens (tertiary/aromatic N) is 1. The molecule has 0 saturated heterocycles. The highest BCUT2D eigenvalue weighted by Gasteiger charge is 2.14.